The van der Waals surface area contributed by atoms with Crippen LogP contribution in [0.3, 0.4) is 0 Å². The molecule has 0 radical (unpaired) electrons. The number of ether oxygens (including phenoxy) is 2. The summed E-state index contributed by atoms with van der Waals surface area (Å²) in [6.45, 7) is 2.56. The molecule has 21 heavy (non-hydrogen) atoms. The number of hydrogen-bond acceptors (Lipinski definition) is 3. The first-order valence-electron chi connectivity index (χ1n) is 6.94. The van der Waals surface area contributed by atoms with Crippen molar-refractivity contribution in [3.8, 4) is 5.75 Å². The Morgan fingerprint density at radius 3 is 2.48 bits per heavy atom. The van der Waals surface area contributed by atoms with Crippen molar-refractivity contribution in [3.05, 3.63) is 65.5 Å². The predicted molar refractivity (Wildman–Crippen MR) is 80.8 cm³/mol. The highest BCUT2D eigenvalue weighted by atomic mass is 19.1. The molecule has 0 aliphatic carbocycles. The maximum absolute atomic E-state index is 12.8. The van der Waals surface area contributed by atoms with Gasteiger partial charge >= 0.3 is 0 Å². The molecule has 1 N–H and O–H groups in total. The molecule has 0 aliphatic heterocycles. The normalized spacial score (nSPS) is 10.6. The van der Waals surface area contributed by atoms with Crippen LogP contribution in [0.2, 0.25) is 0 Å². The summed E-state index contributed by atoms with van der Waals surface area (Å²) in [4.78, 5) is 0. The number of hydrogen-bond donors (Lipinski definition) is 1. The van der Waals surface area contributed by atoms with Crippen molar-refractivity contribution < 1.29 is 13.9 Å². The Labute approximate surface area is 124 Å². The lowest BCUT2D eigenvalue weighted by molar-refractivity contribution is 0.146. The van der Waals surface area contributed by atoms with E-state index in [2.05, 4.69) is 5.32 Å². The molecular formula is C17H20FNO2. The molecule has 0 amide bonds. The largest absolute Gasteiger partial charge is 0.491 e. The second kappa shape index (κ2) is 8.39. The molecule has 0 spiro atoms. The van der Waals surface area contributed by atoms with Crippen molar-refractivity contribution in [1.82, 2.24) is 5.32 Å². The van der Waals surface area contributed by atoms with E-state index in [4.69, 9.17) is 9.47 Å². The lowest BCUT2D eigenvalue weighted by atomic mass is 10.2. The Balaban J connectivity index is 1.79. The fourth-order valence-electron chi connectivity index (χ4n) is 1.94. The summed E-state index contributed by atoms with van der Waals surface area (Å²) in [5.41, 5.74) is 2.20. The summed E-state index contributed by atoms with van der Waals surface area (Å²) in [5, 5.41) is 3.33. The van der Waals surface area contributed by atoms with Gasteiger partial charge in [-0.1, -0.05) is 24.3 Å². The quantitative estimate of drug-likeness (QED) is 0.757. The van der Waals surface area contributed by atoms with Crippen molar-refractivity contribution in [3.63, 3.8) is 0 Å². The van der Waals surface area contributed by atoms with Crippen LogP contribution >= 0.6 is 0 Å². The summed E-state index contributed by atoms with van der Waals surface area (Å²) in [6.07, 6.45) is 0. The second-order valence-corrected chi connectivity index (χ2v) is 4.72. The van der Waals surface area contributed by atoms with Crippen molar-refractivity contribution in [2.24, 2.45) is 0 Å². The van der Waals surface area contributed by atoms with E-state index in [9.17, 15) is 4.39 Å². The van der Waals surface area contributed by atoms with Crippen molar-refractivity contribution in [2.75, 3.05) is 20.3 Å². The molecule has 2 rings (SSSR count). The molecule has 2 aromatic carbocycles. The molecule has 0 heterocycles. The summed E-state index contributed by atoms with van der Waals surface area (Å²) >= 11 is 0. The Hall–Kier alpha value is -1.91. The Morgan fingerprint density at radius 1 is 0.952 bits per heavy atom. The summed E-state index contributed by atoms with van der Waals surface area (Å²) < 4.78 is 23.3. The monoisotopic (exact) mass is 289 g/mol. The molecule has 0 fully saturated rings. The lowest BCUT2D eigenvalue weighted by Crippen LogP contribution is -2.12. The van der Waals surface area contributed by atoms with E-state index in [0.717, 1.165) is 23.4 Å². The molecule has 0 saturated heterocycles. The van der Waals surface area contributed by atoms with Crippen molar-refractivity contribution >= 4 is 0 Å². The van der Waals surface area contributed by atoms with Gasteiger partial charge in [-0.2, -0.15) is 0 Å². The summed E-state index contributed by atoms with van der Waals surface area (Å²) in [7, 11) is 1.65. The van der Waals surface area contributed by atoms with Gasteiger partial charge in [0.05, 0.1) is 6.61 Å². The number of rotatable bonds is 8. The fraction of sp³-hybridized carbons (Fsp3) is 0.294. The molecule has 0 bridgehead atoms. The van der Waals surface area contributed by atoms with Crippen LogP contribution in [0.5, 0.6) is 5.75 Å². The zero-order valence-corrected chi connectivity index (χ0v) is 12.1. The first-order chi connectivity index (χ1) is 10.3. The third-order valence-corrected chi connectivity index (χ3v) is 3.03. The van der Waals surface area contributed by atoms with Gasteiger partial charge in [0.1, 0.15) is 18.2 Å². The van der Waals surface area contributed by atoms with Crippen molar-refractivity contribution in [1.29, 1.82) is 0 Å². The van der Waals surface area contributed by atoms with Gasteiger partial charge in [0, 0.05) is 20.2 Å². The molecule has 0 unspecified atom stereocenters. The highest BCUT2D eigenvalue weighted by molar-refractivity contribution is 5.28. The van der Waals surface area contributed by atoms with E-state index in [1.165, 1.54) is 12.1 Å². The number of halogens is 1. The summed E-state index contributed by atoms with van der Waals surface area (Å²) in [5.74, 6) is 0.632. The van der Waals surface area contributed by atoms with Crippen molar-refractivity contribution in [2.45, 2.75) is 13.1 Å². The van der Waals surface area contributed by atoms with E-state index in [1.54, 1.807) is 19.2 Å². The molecule has 4 heteroatoms. The van der Waals surface area contributed by atoms with Gasteiger partial charge in [-0.05, 0) is 35.4 Å². The van der Waals surface area contributed by atoms with Crippen LogP contribution in [-0.4, -0.2) is 20.3 Å². The molecular weight excluding hydrogens is 269 g/mol. The SMILES string of the molecule is COCCOc1cccc(CNCc2ccc(F)cc2)c1. The van der Waals surface area contributed by atoms with Gasteiger partial charge in [-0.15, -0.1) is 0 Å². The van der Waals surface area contributed by atoms with Crippen LogP contribution in [-0.2, 0) is 17.8 Å². The molecule has 0 saturated carbocycles. The minimum atomic E-state index is -0.209. The molecule has 0 aliphatic rings. The van der Waals surface area contributed by atoms with Gasteiger partial charge in [0.2, 0.25) is 0 Å². The number of benzene rings is 2. The van der Waals surface area contributed by atoms with E-state index in [0.29, 0.717) is 19.8 Å². The van der Waals surface area contributed by atoms with Crippen LogP contribution in [0, 0.1) is 5.82 Å². The topological polar surface area (TPSA) is 30.5 Å². The third kappa shape index (κ3) is 5.53. The minimum Gasteiger partial charge on any atom is -0.491 e. The highest BCUT2D eigenvalue weighted by Gasteiger charge is 1.98. The Bertz CT molecular complexity index is 543. The van der Waals surface area contributed by atoms with Gasteiger partial charge in [-0.25, -0.2) is 4.39 Å². The fourth-order valence-corrected chi connectivity index (χ4v) is 1.94. The molecule has 0 aromatic heterocycles. The van der Waals surface area contributed by atoms with Gasteiger partial charge < -0.3 is 14.8 Å². The van der Waals surface area contributed by atoms with Crippen LogP contribution in [0.1, 0.15) is 11.1 Å². The van der Waals surface area contributed by atoms with Gasteiger partial charge in [-0.3, -0.25) is 0 Å². The van der Waals surface area contributed by atoms with E-state index in [-0.39, 0.29) is 5.82 Å². The lowest BCUT2D eigenvalue weighted by Gasteiger charge is -2.09. The maximum Gasteiger partial charge on any atom is 0.123 e. The van der Waals surface area contributed by atoms with Gasteiger partial charge in [0.15, 0.2) is 0 Å². The first-order valence-corrected chi connectivity index (χ1v) is 6.94. The standard InChI is InChI=1S/C17H20FNO2/c1-20-9-10-21-17-4-2-3-15(11-17)13-19-12-14-5-7-16(18)8-6-14/h2-8,11,19H,9-10,12-13H2,1H3. The van der Waals surface area contributed by atoms with Crippen LogP contribution < -0.4 is 10.1 Å². The smallest absolute Gasteiger partial charge is 0.123 e. The van der Waals surface area contributed by atoms with Crippen LogP contribution in [0.15, 0.2) is 48.5 Å². The van der Waals surface area contributed by atoms with E-state index in [1.807, 2.05) is 24.3 Å². The minimum absolute atomic E-state index is 0.209. The average molecular weight is 289 g/mol. The average Bonchev–Trinajstić information content (AvgIpc) is 2.50. The van der Waals surface area contributed by atoms with E-state index < -0.39 is 0 Å². The maximum atomic E-state index is 12.8. The Kier molecular flexibility index (Phi) is 6.19. The van der Waals surface area contributed by atoms with Crippen LogP contribution in [0.25, 0.3) is 0 Å². The first kappa shape index (κ1) is 15.5. The zero-order chi connectivity index (χ0) is 14.9. The predicted octanol–water partition coefficient (Wildman–Crippen LogP) is 3.14. The number of methoxy groups -OCH3 is 1. The van der Waals surface area contributed by atoms with Gasteiger partial charge in [0.25, 0.3) is 0 Å². The summed E-state index contributed by atoms with van der Waals surface area (Å²) in [6, 6.07) is 14.5. The Morgan fingerprint density at radius 2 is 1.71 bits per heavy atom. The molecule has 112 valence electrons. The van der Waals surface area contributed by atoms with E-state index >= 15 is 0 Å². The van der Waals surface area contributed by atoms with Crippen LogP contribution in [0.4, 0.5) is 4.39 Å². The molecule has 3 nitrogen and oxygen atoms in total. The second-order valence-electron chi connectivity index (χ2n) is 4.72. The highest BCUT2D eigenvalue weighted by Crippen LogP contribution is 2.13. The third-order valence-electron chi connectivity index (χ3n) is 3.03. The zero-order valence-electron chi connectivity index (χ0n) is 12.1. The number of nitrogens with one attached hydrogen (secondary N) is 1. The molecule has 2 aromatic rings. The molecule has 0 atom stereocenters.